The average molecular weight is 290 g/mol. The summed E-state index contributed by atoms with van der Waals surface area (Å²) in [6.45, 7) is 2.03. The molecule has 2 rings (SSSR count). The number of anilines is 3. The van der Waals surface area contributed by atoms with E-state index in [1.54, 1.807) is 16.7 Å². The molecule has 0 aliphatic rings. The Morgan fingerprint density at radius 2 is 1.90 bits per heavy atom. The van der Waals surface area contributed by atoms with Gasteiger partial charge in [0.2, 0.25) is 11.9 Å². The molecule has 0 atom stereocenters. The van der Waals surface area contributed by atoms with E-state index in [1.807, 2.05) is 39.2 Å². The molecule has 1 aromatic heterocycles. The van der Waals surface area contributed by atoms with E-state index in [0.717, 1.165) is 16.1 Å². The first-order valence-corrected chi connectivity index (χ1v) is 7.11. The van der Waals surface area contributed by atoms with E-state index in [1.165, 1.54) is 0 Å². The van der Waals surface area contributed by atoms with Crippen molar-refractivity contribution in [3.05, 3.63) is 29.6 Å². The fraction of sp³-hybridized carbons (Fsp3) is 0.308. The Morgan fingerprint density at radius 1 is 1.15 bits per heavy atom. The minimum atomic E-state index is 0.244. The smallest absolute Gasteiger partial charge is 0.229 e. The first-order valence-electron chi connectivity index (χ1n) is 6.12. The van der Waals surface area contributed by atoms with Gasteiger partial charge in [0.1, 0.15) is 5.82 Å². The molecule has 106 valence electrons. The summed E-state index contributed by atoms with van der Waals surface area (Å²) >= 11 is 1.66. The highest BCUT2D eigenvalue weighted by Gasteiger charge is 2.07. The molecule has 0 saturated carbocycles. The SMILES string of the molecule is Cc1cc(N)ccc1SCc1nc(N)nc(N(C)C)n1. The molecular formula is C13H18N6S. The van der Waals surface area contributed by atoms with Gasteiger partial charge < -0.3 is 16.4 Å². The second-order valence-corrected chi connectivity index (χ2v) is 5.64. The fourth-order valence-corrected chi connectivity index (χ4v) is 2.53. The molecule has 4 N–H and O–H groups in total. The zero-order valence-corrected chi connectivity index (χ0v) is 12.6. The van der Waals surface area contributed by atoms with Gasteiger partial charge in [0.15, 0.2) is 0 Å². The van der Waals surface area contributed by atoms with Crippen molar-refractivity contribution in [1.29, 1.82) is 0 Å². The Labute approximate surface area is 122 Å². The van der Waals surface area contributed by atoms with Gasteiger partial charge >= 0.3 is 0 Å². The van der Waals surface area contributed by atoms with E-state index in [-0.39, 0.29) is 5.95 Å². The molecular weight excluding hydrogens is 272 g/mol. The van der Waals surface area contributed by atoms with E-state index in [2.05, 4.69) is 15.0 Å². The largest absolute Gasteiger partial charge is 0.399 e. The monoisotopic (exact) mass is 290 g/mol. The van der Waals surface area contributed by atoms with Crippen molar-refractivity contribution in [3.8, 4) is 0 Å². The number of hydrogen-bond donors (Lipinski definition) is 2. The van der Waals surface area contributed by atoms with E-state index >= 15 is 0 Å². The lowest BCUT2D eigenvalue weighted by molar-refractivity contribution is 0.919. The van der Waals surface area contributed by atoms with Gasteiger partial charge in [-0.1, -0.05) is 0 Å². The number of thioether (sulfide) groups is 1. The quantitative estimate of drug-likeness (QED) is 0.653. The van der Waals surface area contributed by atoms with Crippen LogP contribution in [0.3, 0.4) is 0 Å². The van der Waals surface area contributed by atoms with Crippen LogP contribution in [0.15, 0.2) is 23.1 Å². The molecule has 6 nitrogen and oxygen atoms in total. The highest BCUT2D eigenvalue weighted by molar-refractivity contribution is 7.98. The molecule has 0 aliphatic carbocycles. The minimum Gasteiger partial charge on any atom is -0.399 e. The fourth-order valence-electron chi connectivity index (χ4n) is 1.67. The van der Waals surface area contributed by atoms with E-state index < -0.39 is 0 Å². The summed E-state index contributed by atoms with van der Waals surface area (Å²) in [5, 5.41) is 0. The number of nitrogens with two attached hydrogens (primary N) is 2. The minimum absolute atomic E-state index is 0.244. The molecule has 0 bridgehead atoms. The number of hydrogen-bond acceptors (Lipinski definition) is 7. The molecule has 2 aromatic rings. The number of nitrogen functional groups attached to an aromatic ring is 2. The zero-order valence-electron chi connectivity index (χ0n) is 11.8. The first kappa shape index (κ1) is 14.4. The van der Waals surface area contributed by atoms with E-state index in [4.69, 9.17) is 11.5 Å². The standard InChI is InChI=1S/C13H18N6S/c1-8-6-9(14)4-5-10(8)20-7-11-16-12(15)18-13(17-11)19(2)3/h4-6H,7,14H2,1-3H3,(H2,15,16,17,18). The maximum atomic E-state index is 5.74. The maximum Gasteiger partial charge on any atom is 0.229 e. The summed E-state index contributed by atoms with van der Waals surface area (Å²) < 4.78 is 0. The van der Waals surface area contributed by atoms with Gasteiger partial charge in [-0.3, -0.25) is 0 Å². The van der Waals surface area contributed by atoms with Crippen LogP contribution in [-0.4, -0.2) is 29.0 Å². The Balaban J connectivity index is 2.14. The molecule has 0 saturated heterocycles. The van der Waals surface area contributed by atoms with Gasteiger partial charge in [-0.05, 0) is 30.7 Å². The molecule has 0 radical (unpaired) electrons. The van der Waals surface area contributed by atoms with Gasteiger partial charge in [-0.25, -0.2) is 0 Å². The van der Waals surface area contributed by atoms with Crippen LogP contribution >= 0.6 is 11.8 Å². The third kappa shape index (κ3) is 3.51. The van der Waals surface area contributed by atoms with Crippen LogP contribution in [0.1, 0.15) is 11.4 Å². The summed E-state index contributed by atoms with van der Waals surface area (Å²) in [6.07, 6.45) is 0. The second kappa shape index (κ2) is 5.96. The summed E-state index contributed by atoms with van der Waals surface area (Å²) in [4.78, 5) is 15.6. The molecule has 0 amide bonds. The van der Waals surface area contributed by atoms with Crippen LogP contribution in [0, 0.1) is 6.92 Å². The maximum absolute atomic E-state index is 5.74. The van der Waals surface area contributed by atoms with Crippen molar-refractivity contribution in [2.24, 2.45) is 0 Å². The Hall–Kier alpha value is -2.02. The summed E-state index contributed by atoms with van der Waals surface area (Å²) in [5.41, 5.74) is 13.4. The normalized spacial score (nSPS) is 10.6. The van der Waals surface area contributed by atoms with Crippen molar-refractivity contribution < 1.29 is 0 Å². The number of aryl methyl sites for hydroxylation is 1. The van der Waals surface area contributed by atoms with E-state index in [0.29, 0.717) is 17.5 Å². The first-order chi connectivity index (χ1) is 9.45. The highest BCUT2D eigenvalue weighted by Crippen LogP contribution is 2.26. The van der Waals surface area contributed by atoms with Gasteiger partial charge in [0.25, 0.3) is 0 Å². The van der Waals surface area contributed by atoms with Crippen LogP contribution < -0.4 is 16.4 Å². The molecule has 0 aliphatic heterocycles. The Bertz CT molecular complexity index is 614. The second-order valence-electron chi connectivity index (χ2n) is 4.62. The summed E-state index contributed by atoms with van der Waals surface area (Å²) in [7, 11) is 3.74. The number of nitrogens with zero attached hydrogens (tertiary/aromatic N) is 4. The predicted molar refractivity (Wildman–Crippen MR) is 83.7 cm³/mol. The van der Waals surface area contributed by atoms with Gasteiger partial charge in [-0.2, -0.15) is 15.0 Å². The molecule has 7 heteroatoms. The average Bonchev–Trinajstić information content (AvgIpc) is 2.37. The molecule has 0 unspecified atom stereocenters. The molecule has 1 aromatic carbocycles. The Morgan fingerprint density at radius 3 is 2.55 bits per heavy atom. The van der Waals surface area contributed by atoms with Crippen molar-refractivity contribution >= 4 is 29.3 Å². The molecule has 20 heavy (non-hydrogen) atoms. The summed E-state index contributed by atoms with van der Waals surface area (Å²) in [6, 6.07) is 5.85. The lowest BCUT2D eigenvalue weighted by Gasteiger charge is -2.11. The van der Waals surface area contributed by atoms with Gasteiger partial charge in [-0.15, -0.1) is 11.8 Å². The third-order valence-corrected chi connectivity index (χ3v) is 3.81. The van der Waals surface area contributed by atoms with Crippen LogP contribution in [0.25, 0.3) is 0 Å². The number of rotatable bonds is 4. The number of aromatic nitrogens is 3. The van der Waals surface area contributed by atoms with Gasteiger partial charge in [0, 0.05) is 24.7 Å². The van der Waals surface area contributed by atoms with Crippen LogP contribution in [-0.2, 0) is 5.75 Å². The van der Waals surface area contributed by atoms with Crippen molar-refractivity contribution in [3.63, 3.8) is 0 Å². The molecule has 0 fully saturated rings. The highest BCUT2D eigenvalue weighted by atomic mass is 32.2. The molecule has 1 heterocycles. The number of benzene rings is 1. The lowest BCUT2D eigenvalue weighted by atomic mass is 10.2. The van der Waals surface area contributed by atoms with Crippen molar-refractivity contribution in [2.75, 3.05) is 30.5 Å². The van der Waals surface area contributed by atoms with Crippen LogP contribution in [0.4, 0.5) is 17.6 Å². The molecule has 0 spiro atoms. The van der Waals surface area contributed by atoms with E-state index in [9.17, 15) is 0 Å². The third-order valence-electron chi connectivity index (χ3n) is 2.64. The van der Waals surface area contributed by atoms with Crippen molar-refractivity contribution in [1.82, 2.24) is 15.0 Å². The zero-order chi connectivity index (χ0) is 14.7. The van der Waals surface area contributed by atoms with Crippen LogP contribution in [0.2, 0.25) is 0 Å². The summed E-state index contributed by atoms with van der Waals surface area (Å²) in [5.74, 6) is 2.12. The van der Waals surface area contributed by atoms with Crippen molar-refractivity contribution in [2.45, 2.75) is 17.6 Å². The van der Waals surface area contributed by atoms with Gasteiger partial charge in [0.05, 0.1) is 5.75 Å². The predicted octanol–water partition coefficient (Wildman–Crippen LogP) is 1.70. The van der Waals surface area contributed by atoms with Crippen LogP contribution in [0.5, 0.6) is 0 Å². The topological polar surface area (TPSA) is 93.9 Å². The lowest BCUT2D eigenvalue weighted by Crippen LogP contribution is -2.15. The Kier molecular flexibility index (Phi) is 4.29.